The normalized spacial score (nSPS) is 12.2. The number of nitrogens with two attached hydrogens (primary N) is 1. The monoisotopic (exact) mass is 294 g/mol. The zero-order chi connectivity index (χ0) is 14.5. The van der Waals surface area contributed by atoms with Crippen molar-refractivity contribution in [3.8, 4) is 11.5 Å². The first-order valence-electron chi connectivity index (χ1n) is 6.41. The van der Waals surface area contributed by atoms with Crippen molar-refractivity contribution in [3.05, 3.63) is 53.1 Å². The molecule has 2 rings (SSSR count). The van der Waals surface area contributed by atoms with E-state index in [4.69, 9.17) is 22.1 Å². The van der Waals surface area contributed by atoms with Crippen molar-refractivity contribution in [2.75, 3.05) is 0 Å². The Hall–Kier alpha value is -1.65. The number of aromatic nitrogens is 1. The Kier molecular flexibility index (Phi) is 4.93. The van der Waals surface area contributed by atoms with Gasteiger partial charge in [0.2, 0.25) is 0 Å². The molecule has 1 unspecified atom stereocenters. The highest BCUT2D eigenvalue weighted by Gasteiger charge is 2.06. The van der Waals surface area contributed by atoms with Gasteiger partial charge in [-0.15, -0.1) is 0 Å². The molecule has 1 heterocycles. The number of hydrogen-bond acceptors (Lipinski definition) is 3. The summed E-state index contributed by atoms with van der Waals surface area (Å²) in [6, 6.07) is 6.26. The standard InChI is InChI=1S/C15H16ClFN2O/c1-2-11(18)5-10-6-13(9-19-8-10)20-12-3-4-14(16)15(17)7-12/h3-4,6-9,11H,2,5,18H2,1H3. The molecule has 0 spiro atoms. The van der Waals surface area contributed by atoms with E-state index < -0.39 is 5.82 Å². The lowest BCUT2D eigenvalue weighted by Gasteiger charge is -2.10. The third-order valence-corrected chi connectivity index (χ3v) is 3.23. The first kappa shape index (κ1) is 14.8. The van der Waals surface area contributed by atoms with Crippen LogP contribution in [0.15, 0.2) is 36.7 Å². The Bertz CT molecular complexity index is 592. The summed E-state index contributed by atoms with van der Waals surface area (Å²) in [6.45, 7) is 2.04. The van der Waals surface area contributed by atoms with E-state index in [9.17, 15) is 4.39 Å². The molecule has 0 fully saturated rings. The summed E-state index contributed by atoms with van der Waals surface area (Å²) in [6.07, 6.45) is 4.96. The van der Waals surface area contributed by atoms with Gasteiger partial charge in [-0.25, -0.2) is 4.39 Å². The van der Waals surface area contributed by atoms with E-state index in [0.717, 1.165) is 18.4 Å². The highest BCUT2D eigenvalue weighted by molar-refractivity contribution is 6.30. The second-order valence-electron chi connectivity index (χ2n) is 4.58. The van der Waals surface area contributed by atoms with Crippen molar-refractivity contribution in [1.29, 1.82) is 0 Å². The molecule has 1 atom stereocenters. The SMILES string of the molecule is CCC(N)Cc1cncc(Oc2ccc(Cl)c(F)c2)c1. The molecular formula is C15H16ClFN2O. The van der Waals surface area contributed by atoms with Gasteiger partial charge in [0.15, 0.2) is 0 Å². The number of hydrogen-bond donors (Lipinski definition) is 1. The average molecular weight is 295 g/mol. The summed E-state index contributed by atoms with van der Waals surface area (Å²) in [5.41, 5.74) is 6.90. The van der Waals surface area contributed by atoms with E-state index in [1.54, 1.807) is 18.5 Å². The fourth-order valence-corrected chi connectivity index (χ4v) is 1.87. The fourth-order valence-electron chi connectivity index (χ4n) is 1.75. The quantitative estimate of drug-likeness (QED) is 0.908. The second kappa shape index (κ2) is 6.68. The van der Waals surface area contributed by atoms with Crippen LogP contribution in [0.1, 0.15) is 18.9 Å². The molecule has 0 saturated carbocycles. The molecule has 0 aliphatic rings. The van der Waals surface area contributed by atoms with Crippen LogP contribution >= 0.6 is 11.6 Å². The molecule has 106 valence electrons. The van der Waals surface area contributed by atoms with Crippen LogP contribution in [0.3, 0.4) is 0 Å². The van der Waals surface area contributed by atoms with Gasteiger partial charge in [-0.05, 0) is 36.6 Å². The number of ether oxygens (including phenoxy) is 1. The van der Waals surface area contributed by atoms with Crippen LogP contribution in [0.2, 0.25) is 5.02 Å². The molecule has 0 aliphatic heterocycles. The predicted octanol–water partition coefficient (Wildman–Crippen LogP) is 3.95. The van der Waals surface area contributed by atoms with Crippen molar-refractivity contribution >= 4 is 11.6 Å². The zero-order valence-corrected chi connectivity index (χ0v) is 11.9. The maximum Gasteiger partial charge on any atom is 0.145 e. The van der Waals surface area contributed by atoms with Crippen LogP contribution in [0, 0.1) is 5.82 Å². The molecule has 0 amide bonds. The average Bonchev–Trinajstić information content (AvgIpc) is 2.43. The molecule has 0 bridgehead atoms. The van der Waals surface area contributed by atoms with Crippen LogP contribution < -0.4 is 10.5 Å². The smallest absolute Gasteiger partial charge is 0.145 e. The van der Waals surface area contributed by atoms with Gasteiger partial charge in [-0.2, -0.15) is 0 Å². The van der Waals surface area contributed by atoms with E-state index >= 15 is 0 Å². The van der Waals surface area contributed by atoms with E-state index in [1.165, 1.54) is 12.1 Å². The van der Waals surface area contributed by atoms with Gasteiger partial charge >= 0.3 is 0 Å². The van der Waals surface area contributed by atoms with Crippen molar-refractivity contribution < 1.29 is 9.13 Å². The lowest BCUT2D eigenvalue weighted by atomic mass is 10.1. The number of nitrogens with zero attached hydrogens (tertiary/aromatic N) is 1. The number of benzene rings is 1. The van der Waals surface area contributed by atoms with E-state index in [2.05, 4.69) is 4.98 Å². The van der Waals surface area contributed by atoms with Crippen molar-refractivity contribution in [1.82, 2.24) is 4.98 Å². The highest BCUT2D eigenvalue weighted by atomic mass is 35.5. The lowest BCUT2D eigenvalue weighted by Crippen LogP contribution is -2.21. The Balaban J connectivity index is 2.12. The van der Waals surface area contributed by atoms with Gasteiger partial charge < -0.3 is 10.5 Å². The zero-order valence-electron chi connectivity index (χ0n) is 11.1. The molecule has 1 aromatic carbocycles. The molecule has 0 saturated heterocycles. The molecule has 5 heteroatoms. The van der Waals surface area contributed by atoms with Crippen molar-refractivity contribution in [2.45, 2.75) is 25.8 Å². The van der Waals surface area contributed by atoms with Crippen LogP contribution in [-0.2, 0) is 6.42 Å². The third-order valence-electron chi connectivity index (χ3n) is 2.92. The molecule has 3 nitrogen and oxygen atoms in total. The van der Waals surface area contributed by atoms with Gasteiger partial charge in [0.05, 0.1) is 11.2 Å². The maximum atomic E-state index is 13.3. The summed E-state index contributed by atoms with van der Waals surface area (Å²) in [5.74, 6) is 0.416. The molecule has 2 aromatic rings. The largest absolute Gasteiger partial charge is 0.456 e. The Morgan fingerprint density at radius 2 is 2.10 bits per heavy atom. The first-order valence-corrected chi connectivity index (χ1v) is 6.78. The summed E-state index contributed by atoms with van der Waals surface area (Å²) < 4.78 is 18.9. The topological polar surface area (TPSA) is 48.1 Å². The summed E-state index contributed by atoms with van der Waals surface area (Å²) >= 11 is 5.63. The van der Waals surface area contributed by atoms with Crippen LogP contribution in [0.4, 0.5) is 4.39 Å². The minimum absolute atomic E-state index is 0.0677. The van der Waals surface area contributed by atoms with Gasteiger partial charge in [0.1, 0.15) is 17.3 Å². The summed E-state index contributed by atoms with van der Waals surface area (Å²) in [4.78, 5) is 4.11. The number of pyridine rings is 1. The molecule has 1 aromatic heterocycles. The summed E-state index contributed by atoms with van der Waals surface area (Å²) in [5, 5.41) is 0.0677. The lowest BCUT2D eigenvalue weighted by molar-refractivity contribution is 0.473. The molecule has 0 radical (unpaired) electrons. The van der Waals surface area contributed by atoms with Crippen LogP contribution in [0.25, 0.3) is 0 Å². The third kappa shape index (κ3) is 3.92. The Morgan fingerprint density at radius 1 is 1.30 bits per heavy atom. The van der Waals surface area contributed by atoms with Crippen molar-refractivity contribution in [3.63, 3.8) is 0 Å². The molecular weight excluding hydrogens is 279 g/mol. The molecule has 0 aliphatic carbocycles. The number of halogens is 2. The van der Waals surface area contributed by atoms with Gasteiger partial charge in [-0.3, -0.25) is 4.98 Å². The van der Waals surface area contributed by atoms with Gasteiger partial charge in [0, 0.05) is 18.3 Å². The minimum atomic E-state index is -0.513. The minimum Gasteiger partial charge on any atom is -0.456 e. The van der Waals surface area contributed by atoms with E-state index in [-0.39, 0.29) is 11.1 Å². The van der Waals surface area contributed by atoms with Gasteiger partial charge in [0.25, 0.3) is 0 Å². The number of rotatable bonds is 5. The van der Waals surface area contributed by atoms with Crippen molar-refractivity contribution in [2.24, 2.45) is 5.73 Å². The Labute approximate surface area is 122 Å². The second-order valence-corrected chi connectivity index (χ2v) is 4.99. The van der Waals surface area contributed by atoms with Gasteiger partial charge in [-0.1, -0.05) is 18.5 Å². The van der Waals surface area contributed by atoms with Crippen LogP contribution in [-0.4, -0.2) is 11.0 Å². The fraction of sp³-hybridized carbons (Fsp3) is 0.267. The molecule has 20 heavy (non-hydrogen) atoms. The first-order chi connectivity index (χ1) is 9.58. The van der Waals surface area contributed by atoms with Crippen LogP contribution in [0.5, 0.6) is 11.5 Å². The van der Waals surface area contributed by atoms with E-state index in [1.807, 2.05) is 13.0 Å². The van der Waals surface area contributed by atoms with E-state index in [0.29, 0.717) is 11.5 Å². The highest BCUT2D eigenvalue weighted by Crippen LogP contribution is 2.25. The predicted molar refractivity (Wildman–Crippen MR) is 77.7 cm³/mol. The molecule has 2 N–H and O–H groups in total. The Morgan fingerprint density at radius 3 is 2.80 bits per heavy atom. The maximum absolute atomic E-state index is 13.3. The summed E-state index contributed by atoms with van der Waals surface area (Å²) in [7, 11) is 0.